The molecule has 0 radical (unpaired) electrons. The Hall–Kier alpha value is -2.37. The molecule has 0 rings (SSSR count). The number of allylic oxidation sites excluding steroid dienone is 6. The molecule has 0 saturated carbocycles. The first-order chi connectivity index (χ1) is 31.5. The molecule has 0 heterocycles. The average Bonchev–Trinajstić information content (AvgIpc) is 3.29. The molecule has 0 aliphatic heterocycles. The van der Waals surface area contributed by atoms with Gasteiger partial charge >= 0.3 is 17.9 Å². The van der Waals surface area contributed by atoms with Crippen molar-refractivity contribution in [3.8, 4) is 0 Å². The molecule has 0 aromatic heterocycles. The molecular formula is C58H106O6. The summed E-state index contributed by atoms with van der Waals surface area (Å²) >= 11 is 0. The fourth-order valence-electron chi connectivity index (χ4n) is 8.10. The summed E-state index contributed by atoms with van der Waals surface area (Å²) in [5.41, 5.74) is 0. The minimum absolute atomic E-state index is 0.0724. The Bertz CT molecular complexity index is 1080. The van der Waals surface area contributed by atoms with Crippen LogP contribution in [0.25, 0.3) is 0 Å². The number of hydrogen-bond donors (Lipinski definition) is 0. The van der Waals surface area contributed by atoms with Gasteiger partial charge in [-0.3, -0.25) is 14.4 Å². The van der Waals surface area contributed by atoms with E-state index in [9.17, 15) is 14.4 Å². The van der Waals surface area contributed by atoms with E-state index in [0.29, 0.717) is 19.3 Å². The van der Waals surface area contributed by atoms with E-state index in [1.807, 2.05) is 0 Å². The lowest BCUT2D eigenvalue weighted by Gasteiger charge is -2.18. The molecule has 0 aromatic rings. The van der Waals surface area contributed by atoms with Crippen molar-refractivity contribution in [2.75, 3.05) is 13.2 Å². The second-order valence-corrected chi connectivity index (χ2v) is 18.8. The van der Waals surface area contributed by atoms with Gasteiger partial charge in [0.05, 0.1) is 0 Å². The fraction of sp³-hybridized carbons (Fsp3) is 0.845. The lowest BCUT2D eigenvalue weighted by atomic mass is 10.0. The molecule has 6 heteroatoms. The average molecular weight is 899 g/mol. The standard InChI is InChI=1S/C58H106O6/c1-4-7-10-13-16-19-21-22-23-24-25-26-27-28-29-30-31-32-33-34-35-36-38-39-42-45-48-51-57(60)63-54-55(53-62-56(59)50-47-44-41-18-15-12-9-6-3)64-58(61)52-49-46-43-40-37-20-17-14-11-8-5-2/h14,17,21-22,24-25,55H,4-13,15-16,18-20,23,26-54H2,1-3H3/b17-14-,22-21-,25-24-. The maximum absolute atomic E-state index is 12.7. The van der Waals surface area contributed by atoms with Gasteiger partial charge in [0.2, 0.25) is 0 Å². The normalized spacial score (nSPS) is 12.2. The molecule has 0 aliphatic carbocycles. The van der Waals surface area contributed by atoms with Crippen LogP contribution in [-0.4, -0.2) is 37.2 Å². The van der Waals surface area contributed by atoms with Gasteiger partial charge < -0.3 is 14.2 Å². The highest BCUT2D eigenvalue weighted by molar-refractivity contribution is 5.71. The van der Waals surface area contributed by atoms with Crippen LogP contribution < -0.4 is 0 Å². The number of unbranched alkanes of at least 4 members (excludes halogenated alkanes) is 34. The number of carbonyl (C=O) groups is 3. The van der Waals surface area contributed by atoms with Crippen molar-refractivity contribution in [2.24, 2.45) is 0 Å². The van der Waals surface area contributed by atoms with E-state index in [-0.39, 0.29) is 31.1 Å². The van der Waals surface area contributed by atoms with Gasteiger partial charge in [0.15, 0.2) is 6.10 Å². The lowest BCUT2D eigenvalue weighted by Crippen LogP contribution is -2.30. The molecule has 0 aliphatic rings. The van der Waals surface area contributed by atoms with Crippen LogP contribution in [0.3, 0.4) is 0 Å². The monoisotopic (exact) mass is 899 g/mol. The first-order valence-electron chi connectivity index (χ1n) is 28.0. The smallest absolute Gasteiger partial charge is 0.306 e. The van der Waals surface area contributed by atoms with Gasteiger partial charge in [-0.25, -0.2) is 0 Å². The Labute approximate surface area is 397 Å². The Balaban J connectivity index is 4.06. The molecule has 0 fully saturated rings. The predicted octanol–water partition coefficient (Wildman–Crippen LogP) is 18.5. The van der Waals surface area contributed by atoms with Crippen LogP contribution in [0.4, 0.5) is 0 Å². The van der Waals surface area contributed by atoms with Crippen LogP contribution in [0.1, 0.15) is 297 Å². The van der Waals surface area contributed by atoms with E-state index in [0.717, 1.165) is 77.0 Å². The van der Waals surface area contributed by atoms with Crippen LogP contribution in [0.5, 0.6) is 0 Å². The van der Waals surface area contributed by atoms with Gasteiger partial charge in [-0.2, -0.15) is 0 Å². The molecule has 6 nitrogen and oxygen atoms in total. The summed E-state index contributed by atoms with van der Waals surface area (Å²) < 4.78 is 16.7. The number of ether oxygens (including phenoxy) is 3. The summed E-state index contributed by atoms with van der Waals surface area (Å²) in [7, 11) is 0. The Morgan fingerprint density at radius 1 is 0.312 bits per heavy atom. The van der Waals surface area contributed by atoms with Crippen LogP contribution in [0.15, 0.2) is 36.5 Å². The molecule has 0 saturated heterocycles. The minimum atomic E-state index is -0.770. The third kappa shape index (κ3) is 50.6. The first-order valence-corrected chi connectivity index (χ1v) is 28.0. The van der Waals surface area contributed by atoms with Crippen LogP contribution >= 0.6 is 0 Å². The SMILES string of the molecule is CCCC/C=C\CCCCCCCC(=O)OC(COC(=O)CCCCCCCCCC)COC(=O)CCCCCCCCCCCCCCCCC/C=C\C/C=C\CCCCCCC. The second-order valence-electron chi connectivity index (χ2n) is 18.8. The Morgan fingerprint density at radius 3 is 0.922 bits per heavy atom. The lowest BCUT2D eigenvalue weighted by molar-refractivity contribution is -0.167. The topological polar surface area (TPSA) is 78.9 Å². The molecule has 1 unspecified atom stereocenters. The largest absolute Gasteiger partial charge is 0.462 e. The zero-order valence-electron chi connectivity index (χ0n) is 42.8. The predicted molar refractivity (Wildman–Crippen MR) is 275 cm³/mol. The summed E-state index contributed by atoms with van der Waals surface area (Å²) in [6, 6.07) is 0. The molecule has 0 aromatic carbocycles. The van der Waals surface area contributed by atoms with E-state index in [2.05, 4.69) is 57.2 Å². The van der Waals surface area contributed by atoms with E-state index in [4.69, 9.17) is 14.2 Å². The quantitative estimate of drug-likeness (QED) is 0.0262. The molecule has 374 valence electrons. The molecule has 0 N–H and O–H groups in total. The van der Waals surface area contributed by atoms with E-state index < -0.39 is 6.10 Å². The van der Waals surface area contributed by atoms with Crippen LogP contribution in [-0.2, 0) is 28.6 Å². The molecule has 0 spiro atoms. The zero-order valence-corrected chi connectivity index (χ0v) is 42.8. The Morgan fingerprint density at radius 2 is 0.578 bits per heavy atom. The highest BCUT2D eigenvalue weighted by Crippen LogP contribution is 2.16. The van der Waals surface area contributed by atoms with Gasteiger partial charge in [-0.05, 0) is 70.6 Å². The van der Waals surface area contributed by atoms with Crippen molar-refractivity contribution in [1.29, 1.82) is 0 Å². The molecule has 0 amide bonds. The van der Waals surface area contributed by atoms with Gasteiger partial charge in [0, 0.05) is 19.3 Å². The summed E-state index contributed by atoms with van der Waals surface area (Å²) in [4.78, 5) is 37.8. The number of esters is 3. The fourth-order valence-corrected chi connectivity index (χ4v) is 8.10. The molecule has 1 atom stereocenters. The van der Waals surface area contributed by atoms with Crippen molar-refractivity contribution >= 4 is 17.9 Å². The summed E-state index contributed by atoms with van der Waals surface area (Å²) in [6.45, 7) is 6.58. The maximum Gasteiger partial charge on any atom is 0.306 e. The zero-order chi connectivity index (χ0) is 46.5. The van der Waals surface area contributed by atoms with Crippen molar-refractivity contribution in [1.82, 2.24) is 0 Å². The van der Waals surface area contributed by atoms with E-state index in [1.54, 1.807) is 0 Å². The van der Waals surface area contributed by atoms with Crippen LogP contribution in [0.2, 0.25) is 0 Å². The van der Waals surface area contributed by atoms with Gasteiger partial charge in [0.1, 0.15) is 13.2 Å². The second kappa shape index (κ2) is 53.2. The summed E-state index contributed by atoms with van der Waals surface area (Å²) in [5.74, 6) is -0.876. The molecule has 64 heavy (non-hydrogen) atoms. The Kier molecular flexibility index (Phi) is 51.3. The third-order valence-electron chi connectivity index (χ3n) is 12.4. The van der Waals surface area contributed by atoms with Crippen molar-refractivity contribution < 1.29 is 28.6 Å². The van der Waals surface area contributed by atoms with Crippen molar-refractivity contribution in [2.45, 2.75) is 303 Å². The van der Waals surface area contributed by atoms with Crippen molar-refractivity contribution in [3.63, 3.8) is 0 Å². The number of hydrogen-bond acceptors (Lipinski definition) is 6. The molecule has 0 bridgehead atoms. The van der Waals surface area contributed by atoms with E-state index >= 15 is 0 Å². The number of rotatable bonds is 51. The first kappa shape index (κ1) is 61.6. The van der Waals surface area contributed by atoms with E-state index in [1.165, 1.54) is 180 Å². The highest BCUT2D eigenvalue weighted by atomic mass is 16.6. The van der Waals surface area contributed by atoms with Gasteiger partial charge in [-0.1, -0.05) is 243 Å². The third-order valence-corrected chi connectivity index (χ3v) is 12.4. The van der Waals surface area contributed by atoms with Crippen molar-refractivity contribution in [3.05, 3.63) is 36.5 Å². The minimum Gasteiger partial charge on any atom is -0.462 e. The highest BCUT2D eigenvalue weighted by Gasteiger charge is 2.19. The van der Waals surface area contributed by atoms with Gasteiger partial charge in [-0.15, -0.1) is 0 Å². The maximum atomic E-state index is 12.7. The number of carbonyl (C=O) groups excluding carboxylic acids is 3. The summed E-state index contributed by atoms with van der Waals surface area (Å²) in [5, 5.41) is 0. The molecular weight excluding hydrogens is 793 g/mol. The van der Waals surface area contributed by atoms with Crippen LogP contribution in [0, 0.1) is 0 Å². The summed E-state index contributed by atoms with van der Waals surface area (Å²) in [6.07, 6.45) is 63.1. The van der Waals surface area contributed by atoms with Gasteiger partial charge in [0.25, 0.3) is 0 Å².